The summed E-state index contributed by atoms with van der Waals surface area (Å²) in [4.78, 5) is 0. The van der Waals surface area contributed by atoms with E-state index in [1.54, 1.807) is 48.1 Å². The Hall–Kier alpha value is -3.52. The predicted molar refractivity (Wildman–Crippen MR) is 108 cm³/mol. The van der Waals surface area contributed by atoms with Gasteiger partial charge < -0.3 is 9.84 Å². The van der Waals surface area contributed by atoms with Crippen LogP contribution in [0.2, 0.25) is 0 Å². The van der Waals surface area contributed by atoms with Gasteiger partial charge in [-0.3, -0.25) is 9.67 Å². The van der Waals surface area contributed by atoms with E-state index in [4.69, 9.17) is 17.0 Å². The third-order valence-electron chi connectivity index (χ3n) is 4.48. The molecule has 0 saturated heterocycles. The minimum Gasteiger partial charge on any atom is -0.507 e. The van der Waals surface area contributed by atoms with Gasteiger partial charge in [0.05, 0.1) is 18.4 Å². The largest absolute Gasteiger partial charge is 0.507 e. The Labute approximate surface area is 169 Å². The molecule has 0 spiro atoms. The Morgan fingerprint density at radius 1 is 1.00 bits per heavy atom. The van der Waals surface area contributed by atoms with Gasteiger partial charge in [0, 0.05) is 11.6 Å². The minimum atomic E-state index is -0.698. The summed E-state index contributed by atoms with van der Waals surface area (Å²) in [5.41, 5.74) is 1.72. The second-order valence-electron chi connectivity index (χ2n) is 6.24. The van der Waals surface area contributed by atoms with Gasteiger partial charge in [-0.1, -0.05) is 6.07 Å². The number of nitrogens with zero attached hydrogens (tertiary/aromatic N) is 2. The van der Waals surface area contributed by atoms with Crippen LogP contribution in [-0.4, -0.2) is 27.0 Å². The van der Waals surface area contributed by atoms with Gasteiger partial charge in [-0.15, -0.1) is 0 Å². The van der Waals surface area contributed by atoms with Crippen LogP contribution in [0, 0.1) is 16.4 Å². The monoisotopic (exact) mass is 411 g/mol. The van der Waals surface area contributed by atoms with Crippen LogP contribution in [0.25, 0.3) is 28.2 Å². The molecule has 5 nitrogen and oxygen atoms in total. The first kappa shape index (κ1) is 18.8. The van der Waals surface area contributed by atoms with Crippen LogP contribution in [0.3, 0.4) is 0 Å². The quantitative estimate of drug-likeness (QED) is 0.450. The average molecular weight is 411 g/mol. The molecular weight excluding hydrogens is 396 g/mol. The zero-order chi connectivity index (χ0) is 20.5. The first-order valence-corrected chi connectivity index (χ1v) is 8.99. The summed E-state index contributed by atoms with van der Waals surface area (Å²) < 4.78 is 34.6. The lowest BCUT2D eigenvalue weighted by molar-refractivity contribution is 0.414. The summed E-state index contributed by atoms with van der Waals surface area (Å²) in [6.07, 6.45) is 0. The third kappa shape index (κ3) is 3.50. The predicted octanol–water partition coefficient (Wildman–Crippen LogP) is 5.26. The van der Waals surface area contributed by atoms with E-state index in [1.165, 1.54) is 18.2 Å². The number of hydrogen-bond donors (Lipinski definition) is 2. The molecule has 8 heteroatoms. The van der Waals surface area contributed by atoms with Gasteiger partial charge in [0.2, 0.25) is 0 Å². The Kier molecular flexibility index (Phi) is 4.85. The molecule has 0 aliphatic carbocycles. The van der Waals surface area contributed by atoms with E-state index in [9.17, 15) is 13.9 Å². The van der Waals surface area contributed by atoms with Crippen LogP contribution in [-0.2, 0) is 0 Å². The van der Waals surface area contributed by atoms with Crippen LogP contribution < -0.4 is 4.74 Å². The van der Waals surface area contributed by atoms with Crippen LogP contribution in [0.5, 0.6) is 11.5 Å². The number of nitrogens with one attached hydrogen (secondary N) is 1. The highest BCUT2D eigenvalue weighted by Crippen LogP contribution is 2.35. The molecule has 0 amide bonds. The van der Waals surface area contributed by atoms with Crippen molar-refractivity contribution in [1.82, 2.24) is 14.8 Å². The molecule has 0 atom stereocenters. The lowest BCUT2D eigenvalue weighted by Gasteiger charge is -2.11. The van der Waals surface area contributed by atoms with E-state index in [-0.39, 0.29) is 11.3 Å². The molecule has 1 heterocycles. The molecule has 0 bridgehead atoms. The fourth-order valence-electron chi connectivity index (χ4n) is 3.05. The van der Waals surface area contributed by atoms with Crippen molar-refractivity contribution in [3.05, 3.63) is 77.1 Å². The number of ether oxygens (including phenoxy) is 1. The second-order valence-corrected chi connectivity index (χ2v) is 6.63. The number of aromatic hydroxyl groups is 1. The van der Waals surface area contributed by atoms with Crippen molar-refractivity contribution in [2.45, 2.75) is 0 Å². The molecule has 2 N–H and O–H groups in total. The maximum atomic E-state index is 14.2. The summed E-state index contributed by atoms with van der Waals surface area (Å²) in [5.74, 6) is -0.384. The summed E-state index contributed by atoms with van der Waals surface area (Å²) in [6, 6.07) is 15.1. The van der Waals surface area contributed by atoms with Crippen LogP contribution in [0.1, 0.15) is 0 Å². The van der Waals surface area contributed by atoms with Gasteiger partial charge in [0.1, 0.15) is 23.1 Å². The number of hydrogen-bond acceptors (Lipinski definition) is 4. The normalized spacial score (nSPS) is 10.9. The van der Waals surface area contributed by atoms with Crippen molar-refractivity contribution < 1.29 is 18.6 Å². The SMILES string of the molecule is COc1ccc(-n2c(-c3cc(-c4ccc(F)cc4F)ccc3O)n[nH]c2=S)cc1. The molecule has 1 aromatic heterocycles. The first-order valence-electron chi connectivity index (χ1n) is 8.58. The number of benzene rings is 3. The molecule has 0 radical (unpaired) electrons. The number of aromatic amines is 1. The molecule has 0 unspecified atom stereocenters. The van der Waals surface area contributed by atoms with Crippen molar-refractivity contribution in [1.29, 1.82) is 0 Å². The van der Waals surface area contributed by atoms with Gasteiger partial charge in [0.15, 0.2) is 10.6 Å². The number of H-pyrrole nitrogens is 1. The van der Waals surface area contributed by atoms with Gasteiger partial charge in [-0.2, -0.15) is 5.10 Å². The Bertz CT molecular complexity index is 1250. The van der Waals surface area contributed by atoms with Crippen LogP contribution in [0.15, 0.2) is 60.7 Å². The lowest BCUT2D eigenvalue weighted by atomic mass is 10.0. The van der Waals surface area contributed by atoms with Gasteiger partial charge in [-0.25, -0.2) is 8.78 Å². The van der Waals surface area contributed by atoms with Gasteiger partial charge in [-0.05, 0) is 66.3 Å². The number of methoxy groups -OCH3 is 1. The number of phenolic OH excluding ortho intramolecular Hbond substituents is 1. The van der Waals surface area contributed by atoms with E-state index in [0.29, 0.717) is 33.2 Å². The average Bonchev–Trinajstić information content (AvgIpc) is 3.10. The molecule has 3 aromatic carbocycles. The third-order valence-corrected chi connectivity index (χ3v) is 4.76. The van der Waals surface area contributed by atoms with Gasteiger partial charge in [0.25, 0.3) is 0 Å². The number of halogens is 2. The Morgan fingerprint density at radius 3 is 2.45 bits per heavy atom. The highest BCUT2D eigenvalue weighted by Gasteiger charge is 2.17. The highest BCUT2D eigenvalue weighted by atomic mass is 32.1. The zero-order valence-electron chi connectivity index (χ0n) is 15.2. The van der Waals surface area contributed by atoms with E-state index >= 15 is 0 Å². The molecule has 146 valence electrons. The summed E-state index contributed by atoms with van der Waals surface area (Å²) >= 11 is 5.35. The molecule has 4 aromatic rings. The molecule has 0 aliphatic rings. The summed E-state index contributed by atoms with van der Waals surface area (Å²) in [5, 5.41) is 17.4. The number of aromatic nitrogens is 3. The molecule has 4 rings (SSSR count). The van der Waals surface area contributed by atoms with Crippen molar-refractivity contribution >= 4 is 12.2 Å². The standard InChI is InChI=1S/C21H15F2N3O2S/c1-28-15-6-4-14(5-7-15)26-20(24-25-21(26)29)17-10-12(2-9-19(17)27)16-8-3-13(22)11-18(16)23/h2-11,27H,1H3,(H,25,29). The number of phenols is 1. The van der Waals surface area contributed by atoms with E-state index in [1.807, 2.05) is 0 Å². The fourth-order valence-corrected chi connectivity index (χ4v) is 3.29. The smallest absolute Gasteiger partial charge is 0.200 e. The first-order chi connectivity index (χ1) is 14.0. The lowest BCUT2D eigenvalue weighted by Crippen LogP contribution is -1.98. The van der Waals surface area contributed by atoms with Gasteiger partial charge >= 0.3 is 0 Å². The Morgan fingerprint density at radius 2 is 1.76 bits per heavy atom. The zero-order valence-corrected chi connectivity index (χ0v) is 16.0. The molecule has 29 heavy (non-hydrogen) atoms. The van der Waals surface area contributed by atoms with E-state index in [0.717, 1.165) is 6.07 Å². The maximum Gasteiger partial charge on any atom is 0.200 e. The van der Waals surface area contributed by atoms with Crippen LogP contribution >= 0.6 is 12.2 Å². The molecular formula is C21H15F2N3O2S. The molecule has 0 saturated carbocycles. The van der Waals surface area contributed by atoms with Crippen molar-refractivity contribution in [2.24, 2.45) is 0 Å². The Balaban J connectivity index is 1.86. The van der Waals surface area contributed by atoms with Crippen LogP contribution in [0.4, 0.5) is 8.78 Å². The number of rotatable bonds is 4. The topological polar surface area (TPSA) is 63.1 Å². The highest BCUT2D eigenvalue weighted by molar-refractivity contribution is 7.71. The summed E-state index contributed by atoms with van der Waals surface area (Å²) in [6.45, 7) is 0. The molecule has 0 aliphatic heterocycles. The second kappa shape index (κ2) is 7.48. The van der Waals surface area contributed by atoms with Crippen molar-refractivity contribution in [2.75, 3.05) is 7.11 Å². The van der Waals surface area contributed by atoms with Crippen molar-refractivity contribution in [3.63, 3.8) is 0 Å². The summed E-state index contributed by atoms with van der Waals surface area (Å²) in [7, 11) is 1.57. The van der Waals surface area contributed by atoms with Crippen molar-refractivity contribution in [3.8, 4) is 39.7 Å². The van der Waals surface area contributed by atoms with E-state index in [2.05, 4.69) is 10.2 Å². The maximum absolute atomic E-state index is 14.2. The van der Waals surface area contributed by atoms with E-state index < -0.39 is 11.6 Å². The fraction of sp³-hybridized carbons (Fsp3) is 0.0476. The molecule has 0 fully saturated rings. The minimum absolute atomic E-state index is 0.0555.